The van der Waals surface area contributed by atoms with Gasteiger partial charge in [0, 0.05) is 23.2 Å². The van der Waals surface area contributed by atoms with E-state index in [2.05, 4.69) is 26.1 Å². The van der Waals surface area contributed by atoms with Crippen molar-refractivity contribution in [2.45, 2.75) is 19.4 Å². The maximum absolute atomic E-state index is 11.5. The molecule has 1 heterocycles. The lowest BCUT2D eigenvalue weighted by molar-refractivity contribution is -0.119. The maximum Gasteiger partial charge on any atom is 0.239 e. The number of carbonyl (C=O) groups excluding carboxylic acids is 1. The Kier molecular flexibility index (Phi) is 4.24. The van der Waals surface area contributed by atoms with Gasteiger partial charge < -0.3 is 15.3 Å². The molecule has 4 nitrogen and oxygen atoms in total. The van der Waals surface area contributed by atoms with Gasteiger partial charge in [0.15, 0.2) is 0 Å². The second-order valence-corrected chi connectivity index (χ2v) is 5.36. The van der Waals surface area contributed by atoms with Gasteiger partial charge in [-0.25, -0.2) is 0 Å². The molecule has 1 amide bonds. The molecule has 0 aromatic heterocycles. The second-order valence-electron chi connectivity index (χ2n) is 4.51. The van der Waals surface area contributed by atoms with Crippen LogP contribution in [0.1, 0.15) is 25.0 Å². The molecule has 1 aromatic carbocycles. The third-order valence-electron chi connectivity index (χ3n) is 3.06. The molecule has 0 bridgehead atoms. The minimum absolute atomic E-state index is 0.0585. The maximum atomic E-state index is 11.5. The molecule has 2 rings (SSSR count). The van der Waals surface area contributed by atoms with E-state index in [0.717, 1.165) is 35.2 Å². The molecule has 1 saturated heterocycles. The van der Waals surface area contributed by atoms with E-state index in [1.165, 1.54) is 0 Å². The van der Waals surface area contributed by atoms with Crippen molar-refractivity contribution in [2.75, 3.05) is 24.5 Å². The molecule has 0 radical (unpaired) electrons. The largest absolute Gasteiger partial charge is 0.389 e. The molecule has 2 N–H and O–H groups in total. The number of benzene rings is 1. The number of nitrogens with one attached hydrogen (secondary N) is 1. The van der Waals surface area contributed by atoms with Crippen LogP contribution in [-0.2, 0) is 4.79 Å². The van der Waals surface area contributed by atoms with Gasteiger partial charge in [0.1, 0.15) is 0 Å². The van der Waals surface area contributed by atoms with Gasteiger partial charge in [-0.1, -0.05) is 22.0 Å². The van der Waals surface area contributed by atoms with Gasteiger partial charge in [0.05, 0.1) is 12.6 Å². The molecule has 1 aromatic rings. The van der Waals surface area contributed by atoms with E-state index in [1.807, 2.05) is 18.2 Å². The fourth-order valence-electron chi connectivity index (χ4n) is 2.08. The van der Waals surface area contributed by atoms with E-state index < -0.39 is 6.10 Å². The van der Waals surface area contributed by atoms with Gasteiger partial charge in [-0.05, 0) is 31.0 Å². The predicted molar refractivity (Wildman–Crippen MR) is 74.6 cm³/mol. The molecule has 18 heavy (non-hydrogen) atoms. The van der Waals surface area contributed by atoms with E-state index in [-0.39, 0.29) is 5.91 Å². The summed E-state index contributed by atoms with van der Waals surface area (Å²) < 4.78 is 0.875. The Hall–Kier alpha value is -1.07. The van der Waals surface area contributed by atoms with Crippen LogP contribution in [0, 0.1) is 0 Å². The summed E-state index contributed by atoms with van der Waals surface area (Å²) in [6.45, 7) is 3.72. The number of aliphatic hydroxyl groups is 1. The highest BCUT2D eigenvalue weighted by Gasteiger charge is 2.16. The van der Waals surface area contributed by atoms with Crippen molar-refractivity contribution >= 4 is 27.5 Å². The average molecular weight is 313 g/mol. The number of carbonyl (C=O) groups is 1. The number of nitrogens with zero attached hydrogens (tertiary/aromatic N) is 1. The lowest BCUT2D eigenvalue weighted by Gasteiger charge is -2.22. The van der Waals surface area contributed by atoms with Crippen molar-refractivity contribution in [1.82, 2.24) is 5.32 Å². The first kappa shape index (κ1) is 13.4. The number of halogens is 1. The van der Waals surface area contributed by atoms with E-state index in [1.54, 1.807) is 6.92 Å². The van der Waals surface area contributed by atoms with E-state index >= 15 is 0 Å². The minimum atomic E-state index is -0.499. The molecule has 0 saturated carbocycles. The Balaban J connectivity index is 2.22. The first-order valence-electron chi connectivity index (χ1n) is 6.07. The predicted octanol–water partition coefficient (Wildman–Crippen LogP) is 1.83. The number of anilines is 1. The Morgan fingerprint density at radius 3 is 2.94 bits per heavy atom. The fraction of sp³-hybridized carbons (Fsp3) is 0.462. The third kappa shape index (κ3) is 3.03. The normalized spacial score (nSPS) is 18.2. The molecule has 1 unspecified atom stereocenters. The van der Waals surface area contributed by atoms with Crippen LogP contribution in [0.15, 0.2) is 22.7 Å². The molecule has 0 aliphatic carbocycles. The highest BCUT2D eigenvalue weighted by molar-refractivity contribution is 9.10. The zero-order chi connectivity index (χ0) is 13.1. The first-order chi connectivity index (χ1) is 8.58. The summed E-state index contributed by atoms with van der Waals surface area (Å²) in [5, 5.41) is 12.4. The summed E-state index contributed by atoms with van der Waals surface area (Å²) in [7, 11) is 0. The van der Waals surface area contributed by atoms with Crippen LogP contribution in [-0.4, -0.2) is 30.6 Å². The molecule has 5 heteroatoms. The molecule has 1 fully saturated rings. The molecule has 98 valence electrons. The zero-order valence-electron chi connectivity index (χ0n) is 10.3. The van der Waals surface area contributed by atoms with E-state index in [0.29, 0.717) is 6.54 Å². The standard InChI is InChI=1S/C13H17BrN2O2/c1-9(17)11-4-3-10(7-12(11)14)16-6-2-5-15-13(18)8-16/h3-4,7,9,17H,2,5-6,8H2,1H3,(H,15,18). The number of rotatable bonds is 2. The van der Waals surface area contributed by atoms with Crippen LogP contribution >= 0.6 is 15.9 Å². The average Bonchev–Trinajstić information content (AvgIpc) is 2.53. The van der Waals surface area contributed by atoms with Crippen LogP contribution in [0.4, 0.5) is 5.69 Å². The van der Waals surface area contributed by atoms with Crippen molar-refractivity contribution in [1.29, 1.82) is 0 Å². The Labute approximate surface area is 115 Å². The Morgan fingerprint density at radius 2 is 2.28 bits per heavy atom. The third-order valence-corrected chi connectivity index (χ3v) is 3.75. The molecular weight excluding hydrogens is 296 g/mol. The highest BCUT2D eigenvalue weighted by Crippen LogP contribution is 2.28. The minimum Gasteiger partial charge on any atom is -0.389 e. The molecule has 1 aliphatic rings. The molecule has 1 aliphatic heterocycles. The monoisotopic (exact) mass is 312 g/mol. The van der Waals surface area contributed by atoms with Gasteiger partial charge in [0.25, 0.3) is 0 Å². The van der Waals surface area contributed by atoms with Crippen LogP contribution in [0.3, 0.4) is 0 Å². The van der Waals surface area contributed by atoms with E-state index in [9.17, 15) is 9.90 Å². The van der Waals surface area contributed by atoms with Crippen LogP contribution in [0.25, 0.3) is 0 Å². The number of hydrogen-bond donors (Lipinski definition) is 2. The van der Waals surface area contributed by atoms with Gasteiger partial charge >= 0.3 is 0 Å². The number of aliphatic hydroxyl groups excluding tert-OH is 1. The summed E-state index contributed by atoms with van der Waals surface area (Å²) in [5.41, 5.74) is 1.86. The molecular formula is C13H17BrN2O2. The van der Waals surface area contributed by atoms with Crippen LogP contribution in [0.5, 0.6) is 0 Å². The van der Waals surface area contributed by atoms with Gasteiger partial charge in [-0.15, -0.1) is 0 Å². The van der Waals surface area contributed by atoms with Crippen molar-refractivity contribution in [3.63, 3.8) is 0 Å². The van der Waals surface area contributed by atoms with Crippen molar-refractivity contribution in [2.24, 2.45) is 0 Å². The number of hydrogen-bond acceptors (Lipinski definition) is 3. The lowest BCUT2D eigenvalue weighted by atomic mass is 10.1. The summed E-state index contributed by atoms with van der Waals surface area (Å²) in [4.78, 5) is 13.6. The topological polar surface area (TPSA) is 52.6 Å². The highest BCUT2D eigenvalue weighted by atomic mass is 79.9. The summed E-state index contributed by atoms with van der Waals surface area (Å²) in [6, 6.07) is 5.80. The van der Waals surface area contributed by atoms with Crippen LogP contribution < -0.4 is 10.2 Å². The van der Waals surface area contributed by atoms with Crippen LogP contribution in [0.2, 0.25) is 0 Å². The quantitative estimate of drug-likeness (QED) is 0.876. The fourth-order valence-corrected chi connectivity index (χ4v) is 2.78. The molecule has 0 spiro atoms. The summed E-state index contributed by atoms with van der Waals surface area (Å²) in [6.07, 6.45) is 0.447. The van der Waals surface area contributed by atoms with Crippen molar-refractivity contribution in [3.05, 3.63) is 28.2 Å². The van der Waals surface area contributed by atoms with Gasteiger partial charge in [-0.2, -0.15) is 0 Å². The van der Waals surface area contributed by atoms with Crippen molar-refractivity contribution < 1.29 is 9.90 Å². The number of amides is 1. The lowest BCUT2D eigenvalue weighted by Crippen LogP contribution is -2.33. The summed E-state index contributed by atoms with van der Waals surface area (Å²) in [5.74, 6) is 0.0585. The smallest absolute Gasteiger partial charge is 0.239 e. The Morgan fingerprint density at radius 1 is 1.50 bits per heavy atom. The first-order valence-corrected chi connectivity index (χ1v) is 6.86. The van der Waals surface area contributed by atoms with E-state index in [4.69, 9.17) is 0 Å². The molecule has 1 atom stereocenters. The van der Waals surface area contributed by atoms with Gasteiger partial charge in [0.2, 0.25) is 5.91 Å². The second kappa shape index (κ2) is 5.71. The van der Waals surface area contributed by atoms with Crippen molar-refractivity contribution in [3.8, 4) is 0 Å². The Bertz CT molecular complexity index is 449. The SMILES string of the molecule is CC(O)c1ccc(N2CCCNC(=O)C2)cc1Br. The zero-order valence-corrected chi connectivity index (χ0v) is 11.9. The summed E-state index contributed by atoms with van der Waals surface area (Å²) >= 11 is 3.46. The van der Waals surface area contributed by atoms with Gasteiger partial charge in [-0.3, -0.25) is 4.79 Å².